The number of rotatable bonds is 10. The highest BCUT2D eigenvalue weighted by Crippen LogP contribution is 2.48. The predicted octanol–water partition coefficient (Wildman–Crippen LogP) is 1.63. The zero-order chi connectivity index (χ0) is 28.4. The van der Waals surface area contributed by atoms with Gasteiger partial charge >= 0.3 is 5.63 Å². The van der Waals surface area contributed by atoms with Crippen LogP contribution in [0.5, 0.6) is 5.75 Å². The third kappa shape index (κ3) is 6.06. The Labute approximate surface area is 232 Å². The van der Waals surface area contributed by atoms with Crippen LogP contribution < -0.4 is 21.4 Å². The fraction of sp³-hybridized carbons (Fsp3) is 0.444. The number of imidazole rings is 1. The monoisotopic (exact) mass is 570 g/mol. The number of anilines is 1. The van der Waals surface area contributed by atoms with Crippen LogP contribution in [-0.2, 0) is 21.9 Å². The number of aryl methyl sites for hydroxylation is 1. The molecule has 2 atom stereocenters. The molecule has 40 heavy (non-hydrogen) atoms. The van der Waals surface area contributed by atoms with Gasteiger partial charge in [-0.2, -0.15) is 8.42 Å². The minimum atomic E-state index is -3.93. The van der Waals surface area contributed by atoms with Crippen molar-refractivity contribution in [2.75, 3.05) is 30.9 Å². The first-order chi connectivity index (χ1) is 19.1. The number of amides is 1. The van der Waals surface area contributed by atoms with Gasteiger partial charge in [0, 0.05) is 69.7 Å². The number of sulfonamides is 1. The molecule has 13 heteroatoms. The van der Waals surface area contributed by atoms with E-state index in [2.05, 4.69) is 15.0 Å². The number of nitrogens with two attached hydrogens (primary N) is 1. The van der Waals surface area contributed by atoms with Crippen LogP contribution in [0, 0.1) is 5.92 Å². The van der Waals surface area contributed by atoms with Crippen molar-refractivity contribution in [3.8, 4) is 5.75 Å². The maximum absolute atomic E-state index is 13.2. The number of carbonyl (C=O) groups is 1. The second-order valence-corrected chi connectivity index (χ2v) is 12.0. The fourth-order valence-corrected chi connectivity index (χ4v) is 6.35. The Morgan fingerprint density at radius 3 is 2.67 bits per heavy atom. The van der Waals surface area contributed by atoms with Crippen LogP contribution in [0.4, 0.5) is 5.69 Å². The number of aromatic hydroxyl groups is 1. The molecular weight excluding hydrogens is 536 g/mol. The summed E-state index contributed by atoms with van der Waals surface area (Å²) in [7, 11) is -2.35. The summed E-state index contributed by atoms with van der Waals surface area (Å²) in [6.07, 6.45) is 5.12. The van der Waals surface area contributed by atoms with Gasteiger partial charge in [-0.1, -0.05) is 12.1 Å². The lowest BCUT2D eigenvalue weighted by molar-refractivity contribution is -0.131. The van der Waals surface area contributed by atoms with Gasteiger partial charge in [0.05, 0.1) is 11.6 Å². The summed E-state index contributed by atoms with van der Waals surface area (Å²) in [5.74, 6) is -0.524. The number of nitrogens with zero attached hydrogens (tertiary/aromatic N) is 3. The van der Waals surface area contributed by atoms with E-state index >= 15 is 0 Å². The van der Waals surface area contributed by atoms with Gasteiger partial charge in [0.2, 0.25) is 11.1 Å². The third-order valence-corrected chi connectivity index (χ3v) is 8.79. The number of hydrogen-bond donors (Lipinski definition) is 4. The Bertz CT molecular complexity index is 1540. The second kappa shape index (κ2) is 11.4. The largest absolute Gasteiger partial charge is 0.507 e. The highest BCUT2D eigenvalue weighted by atomic mass is 32.2. The van der Waals surface area contributed by atoms with Gasteiger partial charge in [0.25, 0.3) is 10.0 Å². The van der Waals surface area contributed by atoms with Crippen LogP contribution >= 0.6 is 0 Å². The molecule has 3 heterocycles. The lowest BCUT2D eigenvalue weighted by Crippen LogP contribution is -2.46. The van der Waals surface area contributed by atoms with E-state index in [9.17, 15) is 23.1 Å². The lowest BCUT2D eigenvalue weighted by Gasteiger charge is -2.27. The molecule has 0 bridgehead atoms. The maximum atomic E-state index is 13.2. The third-order valence-electron chi connectivity index (χ3n) is 7.41. The SMILES string of the molecule is Cn1ccnc1S(=O)(=O)Nc1cccc(C(c2c(O)cc(C(N)CCC(=O)N3CCNCC3)oc2=O)C2CC2)c1. The van der Waals surface area contributed by atoms with Crippen LogP contribution in [0.3, 0.4) is 0 Å². The van der Waals surface area contributed by atoms with Crippen molar-refractivity contribution in [2.45, 2.75) is 42.8 Å². The molecule has 1 aromatic carbocycles. The van der Waals surface area contributed by atoms with E-state index < -0.39 is 27.6 Å². The van der Waals surface area contributed by atoms with Crippen molar-refractivity contribution < 1.29 is 22.7 Å². The summed E-state index contributed by atoms with van der Waals surface area (Å²) < 4.78 is 35.2. The molecule has 0 spiro atoms. The molecule has 2 aliphatic rings. The Kier molecular flexibility index (Phi) is 7.97. The molecule has 1 aliphatic carbocycles. The molecule has 1 amide bonds. The van der Waals surface area contributed by atoms with Crippen LogP contribution in [0.1, 0.15) is 54.5 Å². The van der Waals surface area contributed by atoms with E-state index in [0.717, 1.165) is 25.9 Å². The summed E-state index contributed by atoms with van der Waals surface area (Å²) in [4.78, 5) is 31.4. The molecule has 1 aliphatic heterocycles. The maximum Gasteiger partial charge on any atom is 0.343 e. The highest BCUT2D eigenvalue weighted by molar-refractivity contribution is 7.92. The van der Waals surface area contributed by atoms with Crippen LogP contribution in [-0.4, -0.2) is 60.1 Å². The van der Waals surface area contributed by atoms with Crippen molar-refractivity contribution in [3.63, 3.8) is 0 Å². The summed E-state index contributed by atoms with van der Waals surface area (Å²) >= 11 is 0. The topological polar surface area (TPSA) is 173 Å². The number of carbonyl (C=O) groups excluding carboxylic acids is 1. The molecule has 2 aromatic heterocycles. The van der Waals surface area contributed by atoms with Gasteiger partial charge < -0.3 is 30.0 Å². The second-order valence-electron chi connectivity index (χ2n) is 10.4. The Morgan fingerprint density at radius 2 is 2.02 bits per heavy atom. The van der Waals surface area contributed by atoms with Gasteiger partial charge in [0.1, 0.15) is 11.5 Å². The summed E-state index contributed by atoms with van der Waals surface area (Å²) in [6.45, 7) is 2.80. The first-order valence-electron chi connectivity index (χ1n) is 13.3. The van der Waals surface area contributed by atoms with E-state index in [1.165, 1.54) is 23.0 Å². The Balaban J connectivity index is 1.35. The summed E-state index contributed by atoms with van der Waals surface area (Å²) in [6, 6.07) is 7.38. The molecule has 12 nitrogen and oxygen atoms in total. The number of aromatic nitrogens is 2. The minimum absolute atomic E-state index is 0.00708. The lowest BCUT2D eigenvalue weighted by atomic mass is 9.87. The number of nitrogens with one attached hydrogen (secondary N) is 2. The molecule has 5 rings (SSSR count). The van der Waals surface area contributed by atoms with E-state index in [1.54, 1.807) is 36.2 Å². The van der Waals surface area contributed by atoms with Crippen LogP contribution in [0.15, 0.2) is 57.1 Å². The molecular formula is C27H34N6O6S. The smallest absolute Gasteiger partial charge is 0.343 e. The van der Waals surface area contributed by atoms with E-state index in [4.69, 9.17) is 10.2 Å². The van der Waals surface area contributed by atoms with Crippen molar-refractivity contribution in [1.29, 1.82) is 0 Å². The van der Waals surface area contributed by atoms with Gasteiger partial charge in [-0.05, 0) is 42.9 Å². The minimum Gasteiger partial charge on any atom is -0.507 e. The molecule has 5 N–H and O–H groups in total. The molecule has 2 fully saturated rings. The number of hydrogen-bond acceptors (Lipinski definition) is 9. The molecule has 214 valence electrons. The normalized spacial score (nSPS) is 17.4. The summed E-state index contributed by atoms with van der Waals surface area (Å²) in [5, 5.41) is 14.1. The average molecular weight is 571 g/mol. The standard InChI is InChI=1S/C27H34N6O6S/c1-32-12-11-30-27(32)40(37,38)31-19-4-2-3-18(15-19)24(17-5-6-17)25-21(34)16-22(39-26(25)36)20(28)7-8-23(35)33-13-9-29-10-14-33/h2-4,11-12,15-17,20,24,29,31,34H,5-10,13-14,28H2,1H3. The zero-order valence-electron chi connectivity index (χ0n) is 22.2. The van der Waals surface area contributed by atoms with Crippen molar-refractivity contribution in [1.82, 2.24) is 19.8 Å². The van der Waals surface area contributed by atoms with Gasteiger partial charge in [-0.15, -0.1) is 0 Å². The predicted molar refractivity (Wildman–Crippen MR) is 147 cm³/mol. The molecule has 2 unspecified atom stereocenters. The van der Waals surface area contributed by atoms with E-state index in [-0.39, 0.29) is 46.9 Å². The Morgan fingerprint density at radius 1 is 1.27 bits per heavy atom. The van der Waals surface area contributed by atoms with Crippen molar-refractivity contribution in [2.24, 2.45) is 18.7 Å². The van der Waals surface area contributed by atoms with Crippen molar-refractivity contribution >= 4 is 21.6 Å². The molecule has 1 saturated heterocycles. The van der Waals surface area contributed by atoms with Crippen LogP contribution in [0.2, 0.25) is 0 Å². The van der Waals surface area contributed by atoms with E-state index in [1.807, 2.05) is 0 Å². The molecule has 1 saturated carbocycles. The first-order valence-corrected chi connectivity index (χ1v) is 14.8. The zero-order valence-corrected chi connectivity index (χ0v) is 23.1. The number of benzene rings is 1. The van der Waals surface area contributed by atoms with Crippen LogP contribution in [0.25, 0.3) is 0 Å². The highest BCUT2D eigenvalue weighted by Gasteiger charge is 2.38. The quantitative estimate of drug-likeness (QED) is 0.283. The summed E-state index contributed by atoms with van der Waals surface area (Å²) in [5.41, 5.74) is 6.64. The van der Waals surface area contributed by atoms with Gasteiger partial charge in [-0.3, -0.25) is 9.52 Å². The first kappa shape index (κ1) is 27.9. The van der Waals surface area contributed by atoms with Crippen molar-refractivity contribution in [3.05, 3.63) is 70.0 Å². The van der Waals surface area contributed by atoms with Gasteiger partial charge in [0.15, 0.2) is 0 Å². The van der Waals surface area contributed by atoms with E-state index in [0.29, 0.717) is 24.3 Å². The number of piperazine rings is 1. The Hall–Kier alpha value is -3.68. The fourth-order valence-electron chi connectivity index (χ4n) is 5.18. The van der Waals surface area contributed by atoms with Gasteiger partial charge in [-0.25, -0.2) is 9.78 Å². The molecule has 0 radical (unpaired) electrons. The average Bonchev–Trinajstić information content (AvgIpc) is 3.67. The molecule has 3 aromatic rings.